The third-order valence-corrected chi connectivity index (χ3v) is 3.72. The van der Waals surface area contributed by atoms with E-state index >= 15 is 0 Å². The van der Waals surface area contributed by atoms with Crippen LogP contribution in [0.25, 0.3) is 0 Å². The van der Waals surface area contributed by atoms with E-state index in [2.05, 4.69) is 17.4 Å². The highest BCUT2D eigenvalue weighted by Crippen LogP contribution is 2.24. The maximum Gasteiger partial charge on any atom is 0.324 e. The Balaban J connectivity index is 1.73. The van der Waals surface area contributed by atoms with E-state index in [0.717, 1.165) is 44.0 Å². The van der Waals surface area contributed by atoms with E-state index in [1.165, 1.54) is 0 Å². The SMILES string of the molecule is CN1CCN(c2ccc(C3CNCCO3)cc2)C1=O. The zero-order chi connectivity index (χ0) is 13.2. The number of hydrogen-bond donors (Lipinski definition) is 1. The molecular formula is C14H19N3O2. The Morgan fingerprint density at radius 3 is 2.63 bits per heavy atom. The van der Waals surface area contributed by atoms with Crippen molar-refractivity contribution in [3.05, 3.63) is 29.8 Å². The maximum absolute atomic E-state index is 11.9. The molecule has 1 unspecified atom stereocenters. The van der Waals surface area contributed by atoms with Gasteiger partial charge < -0.3 is 15.0 Å². The summed E-state index contributed by atoms with van der Waals surface area (Å²) >= 11 is 0. The number of carbonyl (C=O) groups is 1. The number of likely N-dealkylation sites (N-methyl/N-ethyl adjacent to an activating group) is 1. The first kappa shape index (κ1) is 12.4. The highest BCUT2D eigenvalue weighted by Gasteiger charge is 2.26. The van der Waals surface area contributed by atoms with Gasteiger partial charge in [0.1, 0.15) is 0 Å². The molecule has 5 heteroatoms. The van der Waals surface area contributed by atoms with Crippen molar-refractivity contribution in [2.45, 2.75) is 6.10 Å². The molecule has 0 aliphatic carbocycles. The van der Waals surface area contributed by atoms with Crippen LogP contribution in [0.5, 0.6) is 0 Å². The molecule has 2 amide bonds. The number of urea groups is 1. The van der Waals surface area contributed by atoms with Crippen LogP contribution in [0.2, 0.25) is 0 Å². The Hall–Kier alpha value is -1.59. The maximum atomic E-state index is 11.9. The summed E-state index contributed by atoms with van der Waals surface area (Å²) in [5.74, 6) is 0. The van der Waals surface area contributed by atoms with Crippen molar-refractivity contribution in [3.63, 3.8) is 0 Å². The zero-order valence-electron chi connectivity index (χ0n) is 11.1. The molecule has 0 radical (unpaired) electrons. The number of amides is 2. The summed E-state index contributed by atoms with van der Waals surface area (Å²) in [6.07, 6.45) is 0.125. The Morgan fingerprint density at radius 2 is 2.05 bits per heavy atom. The minimum absolute atomic E-state index is 0.0725. The number of carbonyl (C=O) groups excluding carboxylic acids is 1. The summed E-state index contributed by atoms with van der Waals surface area (Å²) in [4.78, 5) is 15.5. The summed E-state index contributed by atoms with van der Waals surface area (Å²) in [6.45, 7) is 4.07. The van der Waals surface area contributed by atoms with Crippen molar-refractivity contribution in [2.75, 3.05) is 44.7 Å². The molecule has 0 bridgehead atoms. The molecule has 2 saturated heterocycles. The van der Waals surface area contributed by atoms with Crippen LogP contribution < -0.4 is 10.2 Å². The van der Waals surface area contributed by atoms with Crippen LogP contribution in [0, 0.1) is 0 Å². The van der Waals surface area contributed by atoms with Gasteiger partial charge in [-0.2, -0.15) is 0 Å². The van der Waals surface area contributed by atoms with Crippen molar-refractivity contribution < 1.29 is 9.53 Å². The largest absolute Gasteiger partial charge is 0.371 e. The van der Waals surface area contributed by atoms with Crippen LogP contribution >= 0.6 is 0 Å². The molecule has 2 aliphatic rings. The second kappa shape index (κ2) is 5.19. The molecule has 1 atom stereocenters. The van der Waals surface area contributed by atoms with Gasteiger partial charge in [-0.15, -0.1) is 0 Å². The second-order valence-electron chi connectivity index (χ2n) is 5.01. The fourth-order valence-electron chi connectivity index (χ4n) is 2.54. The van der Waals surface area contributed by atoms with Crippen molar-refractivity contribution in [3.8, 4) is 0 Å². The average molecular weight is 261 g/mol. The smallest absolute Gasteiger partial charge is 0.324 e. The van der Waals surface area contributed by atoms with E-state index in [9.17, 15) is 4.79 Å². The fraction of sp³-hybridized carbons (Fsp3) is 0.500. The van der Waals surface area contributed by atoms with Gasteiger partial charge in [-0.25, -0.2) is 4.79 Å². The first-order chi connectivity index (χ1) is 9.25. The minimum Gasteiger partial charge on any atom is -0.371 e. The lowest BCUT2D eigenvalue weighted by atomic mass is 10.1. The third-order valence-electron chi connectivity index (χ3n) is 3.72. The topological polar surface area (TPSA) is 44.8 Å². The first-order valence-corrected chi connectivity index (χ1v) is 6.70. The van der Waals surface area contributed by atoms with Gasteiger partial charge in [0, 0.05) is 38.9 Å². The highest BCUT2D eigenvalue weighted by molar-refractivity contribution is 5.93. The molecule has 102 valence electrons. The second-order valence-corrected chi connectivity index (χ2v) is 5.01. The molecule has 0 saturated carbocycles. The normalized spacial score (nSPS) is 24.1. The minimum atomic E-state index is 0.0725. The third kappa shape index (κ3) is 2.43. The van der Waals surface area contributed by atoms with E-state index < -0.39 is 0 Å². The van der Waals surface area contributed by atoms with Crippen LogP contribution in [0.4, 0.5) is 10.5 Å². The Labute approximate surface area is 113 Å². The summed E-state index contributed by atoms with van der Waals surface area (Å²) in [5.41, 5.74) is 2.12. The lowest BCUT2D eigenvalue weighted by molar-refractivity contribution is 0.0277. The lowest BCUT2D eigenvalue weighted by Gasteiger charge is -2.24. The monoisotopic (exact) mass is 261 g/mol. The molecule has 3 rings (SSSR count). The molecular weight excluding hydrogens is 242 g/mol. The number of benzene rings is 1. The van der Waals surface area contributed by atoms with Crippen molar-refractivity contribution >= 4 is 11.7 Å². The van der Waals surface area contributed by atoms with Gasteiger partial charge in [0.25, 0.3) is 0 Å². The number of morpholine rings is 1. The number of hydrogen-bond acceptors (Lipinski definition) is 3. The molecule has 1 N–H and O–H groups in total. The first-order valence-electron chi connectivity index (χ1n) is 6.70. The van der Waals surface area contributed by atoms with Crippen LogP contribution in [-0.4, -0.2) is 50.8 Å². The van der Waals surface area contributed by atoms with E-state index in [0.29, 0.717) is 0 Å². The predicted molar refractivity (Wildman–Crippen MR) is 73.4 cm³/mol. The van der Waals surface area contributed by atoms with Crippen molar-refractivity contribution in [1.29, 1.82) is 0 Å². The van der Waals surface area contributed by atoms with E-state index in [4.69, 9.17) is 4.74 Å². The summed E-state index contributed by atoms with van der Waals surface area (Å²) in [7, 11) is 1.83. The van der Waals surface area contributed by atoms with Crippen LogP contribution in [0.15, 0.2) is 24.3 Å². The molecule has 19 heavy (non-hydrogen) atoms. The molecule has 0 spiro atoms. The van der Waals surface area contributed by atoms with Gasteiger partial charge >= 0.3 is 6.03 Å². The van der Waals surface area contributed by atoms with E-state index in [-0.39, 0.29) is 12.1 Å². The Kier molecular flexibility index (Phi) is 3.40. The number of nitrogens with one attached hydrogen (secondary N) is 1. The van der Waals surface area contributed by atoms with Gasteiger partial charge in [-0.05, 0) is 17.7 Å². The van der Waals surface area contributed by atoms with E-state index in [1.54, 1.807) is 4.90 Å². The number of ether oxygens (including phenoxy) is 1. The molecule has 1 aromatic carbocycles. The number of anilines is 1. The van der Waals surface area contributed by atoms with Gasteiger partial charge in [-0.3, -0.25) is 4.90 Å². The fourth-order valence-corrected chi connectivity index (χ4v) is 2.54. The quantitative estimate of drug-likeness (QED) is 0.870. The van der Waals surface area contributed by atoms with Crippen molar-refractivity contribution in [2.24, 2.45) is 0 Å². The number of rotatable bonds is 2. The summed E-state index contributed by atoms with van der Waals surface area (Å²) < 4.78 is 5.72. The van der Waals surface area contributed by atoms with Gasteiger partial charge in [0.2, 0.25) is 0 Å². The van der Waals surface area contributed by atoms with Crippen LogP contribution in [0.3, 0.4) is 0 Å². The predicted octanol–water partition coefficient (Wildman–Crippen LogP) is 1.22. The van der Waals surface area contributed by atoms with Crippen LogP contribution in [-0.2, 0) is 4.74 Å². The average Bonchev–Trinajstić information content (AvgIpc) is 2.80. The summed E-state index contributed by atoms with van der Waals surface area (Å²) in [5, 5.41) is 3.32. The Bertz CT molecular complexity index is 454. The molecule has 2 aliphatic heterocycles. The Morgan fingerprint density at radius 1 is 1.26 bits per heavy atom. The van der Waals surface area contributed by atoms with Crippen LogP contribution in [0.1, 0.15) is 11.7 Å². The molecule has 5 nitrogen and oxygen atoms in total. The molecule has 2 heterocycles. The standard InChI is InChI=1S/C14H19N3O2/c1-16-7-8-17(14(16)18)12-4-2-11(3-5-12)13-10-15-6-9-19-13/h2-5,13,15H,6-10H2,1H3. The summed E-state index contributed by atoms with van der Waals surface area (Å²) in [6, 6.07) is 8.19. The molecule has 1 aromatic rings. The number of nitrogens with zero attached hydrogens (tertiary/aromatic N) is 2. The lowest BCUT2D eigenvalue weighted by Crippen LogP contribution is -2.33. The van der Waals surface area contributed by atoms with Crippen molar-refractivity contribution in [1.82, 2.24) is 10.2 Å². The highest BCUT2D eigenvalue weighted by atomic mass is 16.5. The van der Waals surface area contributed by atoms with Gasteiger partial charge in [-0.1, -0.05) is 12.1 Å². The van der Waals surface area contributed by atoms with Gasteiger partial charge in [0.15, 0.2) is 0 Å². The van der Waals surface area contributed by atoms with Gasteiger partial charge in [0.05, 0.1) is 12.7 Å². The van der Waals surface area contributed by atoms with E-state index in [1.807, 2.05) is 24.1 Å². The zero-order valence-corrected chi connectivity index (χ0v) is 11.1. The molecule has 0 aromatic heterocycles. The molecule has 2 fully saturated rings.